The number of hydrogen-bond donors (Lipinski definition) is 10. The van der Waals surface area contributed by atoms with E-state index in [9.17, 15) is 50.4 Å². The third-order valence-electron chi connectivity index (χ3n) is 11.8. The van der Waals surface area contributed by atoms with Crippen molar-refractivity contribution in [2.45, 2.75) is 202 Å². The number of nitrogens with zero attached hydrogens (tertiary/aromatic N) is 1. The van der Waals surface area contributed by atoms with Gasteiger partial charge in [0.1, 0.15) is 61.0 Å². The van der Waals surface area contributed by atoms with Crippen molar-refractivity contribution in [2.24, 2.45) is 5.73 Å². The van der Waals surface area contributed by atoms with E-state index in [0.717, 1.165) is 37.8 Å². The van der Waals surface area contributed by atoms with Gasteiger partial charge in [-0.1, -0.05) is 103 Å². The molecule has 58 heavy (non-hydrogen) atoms. The molecule has 2 amide bonds. The average molecular weight is 834 g/mol. The third kappa shape index (κ3) is 13.1. The van der Waals surface area contributed by atoms with Gasteiger partial charge in [0.15, 0.2) is 18.9 Å². The number of unbranched alkanes of at least 4 members (excludes halogenated alkanes) is 15. The Morgan fingerprint density at radius 2 is 1.05 bits per heavy atom. The van der Waals surface area contributed by atoms with Crippen LogP contribution in [0.25, 0.3) is 0 Å². The number of nitrogens with one attached hydrogen (secondary N) is 1. The van der Waals surface area contributed by atoms with Gasteiger partial charge in [0.25, 0.3) is 11.8 Å². The third-order valence-corrected chi connectivity index (χ3v) is 11.8. The van der Waals surface area contributed by atoms with Crippen molar-refractivity contribution in [1.82, 2.24) is 10.2 Å². The van der Waals surface area contributed by atoms with Crippen LogP contribution in [-0.4, -0.2) is 176 Å². The van der Waals surface area contributed by atoms with Crippen molar-refractivity contribution in [1.29, 1.82) is 0 Å². The van der Waals surface area contributed by atoms with Crippen molar-refractivity contribution in [2.75, 3.05) is 26.4 Å². The smallest absolute Gasteiger partial charge is 0.254 e. The van der Waals surface area contributed by atoms with E-state index >= 15 is 0 Å². The molecule has 0 bridgehead atoms. The first kappa shape index (κ1) is 48.9. The zero-order valence-corrected chi connectivity index (χ0v) is 33.9. The fraction of sp³-hybridized carbons (Fsp3) is 0.900. The van der Waals surface area contributed by atoms with Gasteiger partial charge in [0, 0.05) is 12.2 Å². The van der Waals surface area contributed by atoms with Gasteiger partial charge in [-0.05, 0) is 13.0 Å². The molecule has 0 aliphatic carbocycles. The SMILES string of the molecule is CCCCCCCCCCCCCCCCCCN[C@H]1[C@H](OC2[C@@H](CO)O[C@@H](OC3[C@@H](CO)O[C@@H](O)[C@H](N)[C@H]3O)[C@H](N3C(=O)C=CC3=O)[C@H]2O)O[C@H](CO)[C@@H](O)[C@@H]1O. The zero-order valence-electron chi connectivity index (χ0n) is 33.9. The van der Waals surface area contributed by atoms with Crippen LogP contribution in [-0.2, 0) is 33.3 Å². The Kier molecular flexibility index (Phi) is 21.3. The monoisotopic (exact) mass is 833 g/mol. The van der Waals surface area contributed by atoms with Crippen molar-refractivity contribution in [3.63, 3.8) is 0 Å². The van der Waals surface area contributed by atoms with E-state index in [1.807, 2.05) is 0 Å². The van der Waals surface area contributed by atoms with Gasteiger partial charge in [0.2, 0.25) is 0 Å². The Hall–Kier alpha value is -1.72. The molecule has 0 aromatic carbocycles. The molecule has 0 aromatic rings. The van der Waals surface area contributed by atoms with Crippen LogP contribution in [0.15, 0.2) is 12.2 Å². The van der Waals surface area contributed by atoms with E-state index in [1.165, 1.54) is 77.0 Å². The summed E-state index contributed by atoms with van der Waals surface area (Å²) < 4.78 is 29.3. The van der Waals surface area contributed by atoms with Crippen molar-refractivity contribution in [3.05, 3.63) is 12.2 Å². The number of rotatable bonds is 26. The van der Waals surface area contributed by atoms with Crippen LogP contribution in [0.1, 0.15) is 110 Å². The number of carbonyl (C=O) groups excluding carboxylic acids is 2. The molecule has 15 atom stereocenters. The van der Waals surface area contributed by atoms with E-state index < -0.39 is 124 Å². The van der Waals surface area contributed by atoms with Crippen LogP contribution < -0.4 is 11.1 Å². The number of amides is 2. The Balaban J connectivity index is 1.34. The lowest BCUT2D eigenvalue weighted by Crippen LogP contribution is -2.71. The zero-order chi connectivity index (χ0) is 42.2. The lowest BCUT2D eigenvalue weighted by Gasteiger charge is -2.50. The second kappa shape index (κ2) is 25.3. The molecule has 4 aliphatic heterocycles. The molecule has 0 radical (unpaired) electrons. The molecular formula is C40H71N3O15. The number of carbonyl (C=O) groups is 2. The Morgan fingerprint density at radius 1 is 0.603 bits per heavy atom. The number of imide groups is 1. The number of aliphatic hydroxyl groups excluding tert-OH is 8. The predicted octanol–water partition coefficient (Wildman–Crippen LogP) is -0.815. The first-order valence-corrected chi connectivity index (χ1v) is 21.5. The topological polar surface area (TPSA) is 283 Å². The molecule has 0 spiro atoms. The van der Waals surface area contributed by atoms with Crippen molar-refractivity contribution < 1.29 is 74.1 Å². The average Bonchev–Trinajstić information content (AvgIpc) is 3.55. The molecule has 18 heteroatoms. The van der Waals surface area contributed by atoms with E-state index in [-0.39, 0.29) is 0 Å². The van der Waals surface area contributed by atoms with Crippen LogP contribution in [0.2, 0.25) is 0 Å². The summed E-state index contributed by atoms with van der Waals surface area (Å²) in [7, 11) is 0. The van der Waals surface area contributed by atoms with Crippen LogP contribution >= 0.6 is 0 Å². The lowest BCUT2D eigenvalue weighted by molar-refractivity contribution is -0.356. The summed E-state index contributed by atoms with van der Waals surface area (Å²) in [5, 5.41) is 88.2. The molecule has 0 aromatic heterocycles. The quantitative estimate of drug-likeness (QED) is 0.0377. The van der Waals surface area contributed by atoms with E-state index in [4.69, 9.17) is 29.4 Å². The normalized spacial score (nSPS) is 36.9. The fourth-order valence-electron chi connectivity index (χ4n) is 8.25. The summed E-state index contributed by atoms with van der Waals surface area (Å²) >= 11 is 0. The highest BCUT2D eigenvalue weighted by molar-refractivity contribution is 6.13. The second-order valence-electron chi connectivity index (χ2n) is 16.1. The second-order valence-corrected chi connectivity index (χ2v) is 16.1. The minimum absolute atomic E-state index is 0.405. The van der Waals surface area contributed by atoms with Gasteiger partial charge in [-0.2, -0.15) is 0 Å². The highest BCUT2D eigenvalue weighted by atomic mass is 16.7. The van der Waals surface area contributed by atoms with Crippen molar-refractivity contribution in [3.8, 4) is 0 Å². The maximum absolute atomic E-state index is 13.0. The maximum atomic E-state index is 13.0. The van der Waals surface area contributed by atoms with Gasteiger partial charge >= 0.3 is 0 Å². The number of ether oxygens (including phenoxy) is 5. The summed E-state index contributed by atoms with van der Waals surface area (Å²) in [4.78, 5) is 26.6. The molecular weight excluding hydrogens is 762 g/mol. The van der Waals surface area contributed by atoms with Gasteiger partial charge in [-0.3, -0.25) is 14.5 Å². The number of hydrogen-bond acceptors (Lipinski definition) is 17. The first-order valence-electron chi connectivity index (χ1n) is 21.5. The van der Waals surface area contributed by atoms with Gasteiger partial charge in [-0.15, -0.1) is 0 Å². The fourth-order valence-corrected chi connectivity index (χ4v) is 8.25. The minimum Gasteiger partial charge on any atom is -0.394 e. The highest BCUT2D eigenvalue weighted by Crippen LogP contribution is 2.35. The number of nitrogens with two attached hydrogens (primary N) is 1. The molecule has 4 heterocycles. The summed E-state index contributed by atoms with van der Waals surface area (Å²) in [6.07, 6.45) is 2.83. The molecule has 11 N–H and O–H groups in total. The summed E-state index contributed by atoms with van der Waals surface area (Å²) in [5.41, 5.74) is 5.87. The van der Waals surface area contributed by atoms with Gasteiger partial charge in [0.05, 0.1) is 31.9 Å². The van der Waals surface area contributed by atoms with E-state index in [1.54, 1.807) is 0 Å². The largest absolute Gasteiger partial charge is 0.394 e. The Labute approximate surface area is 341 Å². The molecule has 4 rings (SSSR count). The summed E-state index contributed by atoms with van der Waals surface area (Å²) in [6.45, 7) is 0.397. The lowest BCUT2D eigenvalue weighted by atomic mass is 9.93. The molecule has 0 saturated carbocycles. The number of aliphatic hydroxyl groups is 8. The molecule has 2 unspecified atom stereocenters. The van der Waals surface area contributed by atoms with Crippen LogP contribution in [0.3, 0.4) is 0 Å². The first-order chi connectivity index (χ1) is 28.0. The molecule has 336 valence electrons. The maximum Gasteiger partial charge on any atom is 0.254 e. The van der Waals surface area contributed by atoms with Gasteiger partial charge < -0.3 is 75.6 Å². The standard InChI is InChI=1S/C40H71N3O15/c1-2-3-4-5-6-7-8-9-10-11-12-13-14-15-16-17-20-42-30-34(51)32(49)24(21-44)55-39(30)57-37-26(23-46)56-40(31(35(37)52)43-27(47)18-19-28(43)48)58-36-25(22-45)54-38(53)29(41)33(36)50/h18-19,24-26,29-40,42,44-46,49-53H,2-17,20-23,41H2,1H3/t24-,25-,26-,29-,30-,31-,32-,33-,34-,35-,36?,37?,38-,39+,40+/m1/s1. The van der Waals surface area contributed by atoms with Gasteiger partial charge in [-0.25, -0.2) is 0 Å². The minimum atomic E-state index is -1.86. The molecule has 3 fully saturated rings. The molecule has 18 nitrogen and oxygen atoms in total. The van der Waals surface area contributed by atoms with Crippen LogP contribution in [0.4, 0.5) is 0 Å². The Bertz CT molecular complexity index is 1220. The highest BCUT2D eigenvalue weighted by Gasteiger charge is 2.56. The molecule has 4 aliphatic rings. The van der Waals surface area contributed by atoms with Crippen LogP contribution in [0, 0.1) is 0 Å². The predicted molar refractivity (Wildman–Crippen MR) is 207 cm³/mol. The summed E-state index contributed by atoms with van der Waals surface area (Å²) in [5.74, 6) is -1.69. The van der Waals surface area contributed by atoms with Crippen LogP contribution in [0.5, 0.6) is 0 Å². The Morgan fingerprint density at radius 3 is 1.57 bits per heavy atom. The van der Waals surface area contributed by atoms with Crippen molar-refractivity contribution >= 4 is 11.8 Å². The summed E-state index contributed by atoms with van der Waals surface area (Å²) in [6, 6.07) is -4.16. The molecule has 3 saturated heterocycles. The van der Waals surface area contributed by atoms with E-state index in [2.05, 4.69) is 12.2 Å². The van der Waals surface area contributed by atoms with E-state index in [0.29, 0.717) is 11.4 Å².